The maximum atomic E-state index is 16.1. The number of carbonyl (C=O) groups is 6. The zero-order chi connectivity index (χ0) is 49.9. The highest BCUT2D eigenvalue weighted by molar-refractivity contribution is 7.54. The molecule has 16 nitrogen and oxygen atoms in total. The van der Waals surface area contributed by atoms with E-state index in [1.165, 1.54) is 64.7 Å². The summed E-state index contributed by atoms with van der Waals surface area (Å²) in [6.07, 6.45) is 3.33. The molecule has 19 heteroatoms. The predicted octanol–water partition coefficient (Wildman–Crippen LogP) is 7.34. The van der Waals surface area contributed by atoms with Gasteiger partial charge in [-0.15, -0.1) is 0 Å². The van der Waals surface area contributed by atoms with Crippen LogP contribution in [-0.4, -0.2) is 84.8 Å². The number of ether oxygens (including phenoxy) is 3. The summed E-state index contributed by atoms with van der Waals surface area (Å²) < 4.78 is 71.8. The van der Waals surface area contributed by atoms with E-state index in [0.717, 1.165) is 30.5 Å². The van der Waals surface area contributed by atoms with Gasteiger partial charge in [-0.2, -0.15) is 8.78 Å². The highest BCUT2D eigenvalue weighted by atomic mass is 31.2. The third-order valence-electron chi connectivity index (χ3n) is 11.5. The highest BCUT2D eigenvalue weighted by Crippen LogP contribution is 2.67. The molecule has 2 aromatic rings. The van der Waals surface area contributed by atoms with Gasteiger partial charge in [0.25, 0.3) is 0 Å². The van der Waals surface area contributed by atoms with Crippen LogP contribution in [0.5, 0.6) is 0 Å². The van der Waals surface area contributed by atoms with Gasteiger partial charge in [-0.3, -0.25) is 42.4 Å². The number of unbranched alkanes of at least 4 members (excludes halogenated alkanes) is 1. The van der Waals surface area contributed by atoms with Crippen molar-refractivity contribution in [2.75, 3.05) is 20.1 Å². The predicted molar refractivity (Wildman–Crippen MR) is 244 cm³/mol. The number of hydrogen-bond donors (Lipinski definition) is 3. The first kappa shape index (κ1) is 54.6. The Kier molecular flexibility index (Phi) is 19.0. The summed E-state index contributed by atoms with van der Waals surface area (Å²) >= 11 is 0. The molecular formula is C48H67F2N4O12P. The molecule has 6 unspecified atom stereocenters. The van der Waals surface area contributed by atoms with Crippen LogP contribution in [0.25, 0.3) is 5.57 Å². The maximum Gasteiger partial charge on any atom is 0.410 e. The van der Waals surface area contributed by atoms with E-state index in [2.05, 4.69) is 10.6 Å². The molecule has 4 amide bonds. The second-order valence-corrected chi connectivity index (χ2v) is 21.3. The second kappa shape index (κ2) is 23.3. The van der Waals surface area contributed by atoms with E-state index in [9.17, 15) is 33.3 Å². The van der Waals surface area contributed by atoms with Gasteiger partial charge in [-0.25, -0.2) is 0 Å². The third-order valence-corrected chi connectivity index (χ3v) is 13.4. The number of rotatable bonds is 24. The van der Waals surface area contributed by atoms with Crippen LogP contribution in [0.15, 0.2) is 60.7 Å². The fourth-order valence-corrected chi connectivity index (χ4v) is 8.57. The number of piperidine rings is 1. The number of allylic oxidation sites excluding steroid dienone is 1. The third kappa shape index (κ3) is 15.2. The van der Waals surface area contributed by atoms with Gasteiger partial charge in [0.15, 0.2) is 0 Å². The van der Waals surface area contributed by atoms with E-state index in [4.69, 9.17) is 29.0 Å². The highest BCUT2D eigenvalue weighted by Gasteiger charge is 2.58. The summed E-state index contributed by atoms with van der Waals surface area (Å²) in [6.45, 7) is 12.7. The molecule has 2 fully saturated rings. The number of primary amides is 1. The van der Waals surface area contributed by atoms with Crippen molar-refractivity contribution >= 4 is 48.7 Å². The summed E-state index contributed by atoms with van der Waals surface area (Å²) in [6, 6.07) is 11.6. The van der Waals surface area contributed by atoms with Crippen LogP contribution in [-0.2, 0) is 68.9 Å². The Hall–Kier alpha value is -5.03. The lowest BCUT2D eigenvalue weighted by Gasteiger charge is -2.33. The molecule has 4 rings (SSSR count). The minimum absolute atomic E-state index is 0.0137. The lowest BCUT2D eigenvalue weighted by molar-refractivity contribution is -0.163. The molecule has 6 atom stereocenters. The normalized spacial score (nSPS) is 18.8. The van der Waals surface area contributed by atoms with Gasteiger partial charge in [0.05, 0.1) is 29.6 Å². The van der Waals surface area contributed by atoms with Crippen LogP contribution < -0.4 is 16.4 Å². The van der Waals surface area contributed by atoms with Crippen LogP contribution in [0.1, 0.15) is 118 Å². The molecule has 1 saturated carbocycles. The lowest BCUT2D eigenvalue weighted by atomic mass is 9.98. The summed E-state index contributed by atoms with van der Waals surface area (Å²) in [4.78, 5) is 79.7. The molecule has 2 aromatic carbocycles. The molecule has 67 heavy (non-hydrogen) atoms. The van der Waals surface area contributed by atoms with Crippen molar-refractivity contribution in [2.45, 2.75) is 137 Å². The van der Waals surface area contributed by atoms with Gasteiger partial charge in [0, 0.05) is 24.6 Å². The lowest BCUT2D eigenvalue weighted by Crippen LogP contribution is -2.57. The van der Waals surface area contributed by atoms with Crippen molar-refractivity contribution in [1.29, 1.82) is 0 Å². The maximum absolute atomic E-state index is 16.1. The molecule has 0 spiro atoms. The van der Waals surface area contributed by atoms with Gasteiger partial charge in [-0.05, 0) is 103 Å². The van der Waals surface area contributed by atoms with Gasteiger partial charge in [0.2, 0.25) is 37.2 Å². The Labute approximate surface area is 391 Å². The van der Waals surface area contributed by atoms with E-state index in [-0.39, 0.29) is 37.2 Å². The average Bonchev–Trinajstić information content (AvgIpc) is 3.92. The Bertz CT molecular complexity index is 2110. The van der Waals surface area contributed by atoms with Crippen LogP contribution in [0.3, 0.4) is 0 Å². The molecule has 370 valence electrons. The van der Waals surface area contributed by atoms with Crippen LogP contribution in [0.4, 0.5) is 8.78 Å². The Morgan fingerprint density at radius 3 is 2.00 bits per heavy atom. The molecule has 1 aliphatic carbocycles. The number of carbonyl (C=O) groups excluding carboxylic acids is 6. The minimum Gasteiger partial charge on any atom is -0.438 e. The number of alkyl halides is 2. The number of nitrogens with one attached hydrogen (secondary N) is 2. The smallest absolute Gasteiger partial charge is 0.410 e. The first-order valence-electron chi connectivity index (χ1n) is 22.5. The summed E-state index contributed by atoms with van der Waals surface area (Å²) in [7, 11) is -5.56. The van der Waals surface area contributed by atoms with E-state index in [1.807, 2.05) is 37.3 Å². The number of esters is 2. The molecule has 2 aliphatic rings. The van der Waals surface area contributed by atoms with Crippen LogP contribution in [0.2, 0.25) is 0 Å². The molecule has 0 bridgehead atoms. The van der Waals surface area contributed by atoms with E-state index < -0.39 is 97.1 Å². The minimum atomic E-state index is -5.56. The molecule has 1 heterocycles. The van der Waals surface area contributed by atoms with Crippen LogP contribution >= 0.6 is 7.60 Å². The first-order chi connectivity index (χ1) is 31.3. The summed E-state index contributed by atoms with van der Waals surface area (Å²) in [5.41, 5.74) is -0.168. The van der Waals surface area contributed by atoms with Crippen molar-refractivity contribution in [1.82, 2.24) is 15.5 Å². The number of fused-ring (bicyclic) bond motifs is 1. The summed E-state index contributed by atoms with van der Waals surface area (Å²) in [5.74, 6) is -3.54. The molecule has 4 N–H and O–H groups in total. The van der Waals surface area contributed by atoms with Crippen molar-refractivity contribution < 1.29 is 65.4 Å². The number of amides is 4. The zero-order valence-electron chi connectivity index (χ0n) is 39.9. The number of hydrogen-bond acceptors (Lipinski definition) is 12. The largest absolute Gasteiger partial charge is 0.438 e. The standard InChI is InChI=1S/C48H67F2N4O12P/c1-10-11-17-38(43(58)54-26-34-25-36(34)41(54)42(57)53-37(22-23-39(51)55)31(3)62-27-32-15-13-12-14-16-32)52-40(56)24-30(2)33-18-20-35(21-19-33)48(49,50)67(61,65-28-63-44(59)46(4,5)6)66-29-64-45(60)47(7,8)9/h12-16,18-21,24,31,34,36-38,41H,10-11,17,22-23,25-29H2,1-9H3,(H2,51,55)(H,52,56)(H,53,57). The number of halogens is 2. The van der Waals surface area contributed by atoms with Crippen LogP contribution in [0, 0.1) is 22.7 Å². The van der Waals surface area contributed by atoms with E-state index in [0.29, 0.717) is 30.5 Å². The second-order valence-electron chi connectivity index (χ2n) is 19.2. The zero-order valence-corrected chi connectivity index (χ0v) is 40.8. The Morgan fingerprint density at radius 1 is 0.881 bits per heavy atom. The number of likely N-dealkylation sites (tertiary alicyclic amines) is 1. The molecule has 1 aliphatic heterocycles. The number of nitrogens with two attached hydrogens (primary N) is 1. The van der Waals surface area contributed by atoms with Gasteiger partial charge in [-0.1, -0.05) is 74.4 Å². The molecule has 0 aromatic heterocycles. The van der Waals surface area contributed by atoms with E-state index in [1.54, 1.807) is 13.8 Å². The number of nitrogens with zero attached hydrogens (tertiary/aromatic N) is 1. The topological polar surface area (TPSA) is 219 Å². The molecular weight excluding hydrogens is 894 g/mol. The monoisotopic (exact) mass is 960 g/mol. The first-order valence-corrected chi connectivity index (χ1v) is 24.1. The van der Waals surface area contributed by atoms with Gasteiger partial charge < -0.3 is 35.5 Å². The van der Waals surface area contributed by atoms with Crippen molar-refractivity contribution in [3.05, 3.63) is 77.4 Å². The van der Waals surface area contributed by atoms with Crippen molar-refractivity contribution in [3.63, 3.8) is 0 Å². The fourth-order valence-electron chi connectivity index (χ4n) is 7.32. The SMILES string of the molecule is CCCCC(NC(=O)C=C(C)c1ccc(C(F)(F)P(=O)(OCOC(=O)C(C)(C)C)OCOC(=O)C(C)(C)C)cc1)C(=O)N1CC2CC2C1C(=O)NC(CCC(N)=O)C(C)OCc1ccccc1. The quantitative estimate of drug-likeness (QED) is 0.0408. The van der Waals surface area contributed by atoms with Crippen molar-refractivity contribution in [3.8, 4) is 0 Å². The molecule has 1 saturated heterocycles. The Morgan fingerprint density at radius 2 is 1.46 bits per heavy atom. The molecule has 0 radical (unpaired) electrons. The van der Waals surface area contributed by atoms with E-state index >= 15 is 8.78 Å². The summed E-state index contributed by atoms with van der Waals surface area (Å²) in [5, 5.41) is 5.84. The average molecular weight is 961 g/mol. The van der Waals surface area contributed by atoms with Crippen molar-refractivity contribution in [2.24, 2.45) is 28.4 Å². The fraction of sp³-hybridized carbons (Fsp3) is 0.583. The van der Waals surface area contributed by atoms with Gasteiger partial charge in [0.1, 0.15) is 12.1 Å². The Balaban J connectivity index is 1.47. The number of benzene rings is 2. The van der Waals surface area contributed by atoms with Gasteiger partial charge >= 0.3 is 25.2 Å².